The summed E-state index contributed by atoms with van der Waals surface area (Å²) in [5.41, 5.74) is 0.384. The van der Waals surface area contributed by atoms with Gasteiger partial charge in [0, 0.05) is 12.6 Å². The Morgan fingerprint density at radius 3 is 2.48 bits per heavy atom. The smallest absolute Gasteiger partial charge is 0.414 e. The molecule has 1 aromatic heterocycles. The number of likely N-dealkylation sites (tertiary alicyclic amines) is 1. The molecule has 3 rings (SSSR count). The molecular weight excluding hydrogens is 518 g/mol. The number of methoxy groups -OCH3 is 1. The van der Waals surface area contributed by atoms with Gasteiger partial charge in [0.1, 0.15) is 11.5 Å². The fraction of sp³-hybridized carbons (Fsp3) is 0.483. The summed E-state index contributed by atoms with van der Waals surface area (Å²) in [5.74, 6) is -2.89. The van der Waals surface area contributed by atoms with E-state index in [1.165, 1.54) is 23.9 Å². The van der Waals surface area contributed by atoms with Crippen molar-refractivity contribution in [2.45, 2.75) is 70.4 Å². The average molecular weight is 557 g/mol. The number of carbonyl (C=O) groups is 4. The number of nitrogens with one attached hydrogen (secondary N) is 1. The molecule has 216 valence electrons. The van der Waals surface area contributed by atoms with Crippen molar-refractivity contribution in [1.29, 1.82) is 0 Å². The van der Waals surface area contributed by atoms with E-state index in [-0.39, 0.29) is 18.9 Å². The monoisotopic (exact) mass is 556 g/mol. The van der Waals surface area contributed by atoms with Crippen LogP contribution in [0.2, 0.25) is 0 Å². The second kappa shape index (κ2) is 13.9. The van der Waals surface area contributed by atoms with Crippen molar-refractivity contribution in [3.63, 3.8) is 0 Å². The number of piperidine rings is 1. The molecule has 2 heterocycles. The van der Waals surface area contributed by atoms with Gasteiger partial charge in [0.05, 0.1) is 25.4 Å². The maximum atomic E-state index is 13.2. The van der Waals surface area contributed by atoms with Crippen LogP contribution >= 0.6 is 0 Å². The maximum absolute atomic E-state index is 13.2. The first-order chi connectivity index (χ1) is 19.0. The van der Waals surface area contributed by atoms with Crippen LogP contribution < -0.4 is 9.88 Å². The van der Waals surface area contributed by atoms with E-state index in [0.29, 0.717) is 13.0 Å². The van der Waals surface area contributed by atoms with Crippen LogP contribution in [0.3, 0.4) is 0 Å². The van der Waals surface area contributed by atoms with Crippen molar-refractivity contribution in [3.05, 3.63) is 66.0 Å². The summed E-state index contributed by atoms with van der Waals surface area (Å²) in [6, 6.07) is 10.7. The van der Waals surface area contributed by atoms with E-state index >= 15 is 0 Å². The zero-order valence-electron chi connectivity index (χ0n) is 23.4. The molecule has 2 amide bonds. The largest absolute Gasteiger partial charge is 0.480 e. The first-order valence-corrected chi connectivity index (χ1v) is 13.2. The molecule has 1 aliphatic rings. The normalized spacial score (nSPS) is 16.9. The Kier molecular flexibility index (Phi) is 10.6. The molecule has 1 saturated heterocycles. The molecule has 0 spiro atoms. The lowest BCUT2D eigenvalue weighted by Gasteiger charge is -2.38. The number of hydrogen-bond acceptors (Lipinski definition) is 7. The average Bonchev–Trinajstić information content (AvgIpc) is 2.94. The molecule has 2 aromatic rings. The standard InChI is InChI=1S/C29H37N3O8/c1-29(2,3)40-18-22(26(34)35)30-25(33)21-13-10-15-31(17-21)19-39-28(37)32-16-9-8-14-23(32)24(27(36)38-4)20-11-6-5-7-12-20/h5-7,10-13,15,17,22-24H,8-9,14,16,18-19H2,1-4H3,(H-,30,33,34,35)/p+1/t22-,23+,24+/m0/s1. The van der Waals surface area contributed by atoms with Gasteiger partial charge < -0.3 is 29.5 Å². The summed E-state index contributed by atoms with van der Waals surface area (Å²) in [6.07, 6.45) is 4.76. The van der Waals surface area contributed by atoms with Gasteiger partial charge in [-0.05, 0) is 51.7 Å². The second-order valence-electron chi connectivity index (χ2n) is 10.6. The number of nitrogens with zero attached hydrogens (tertiary/aromatic N) is 2. The SMILES string of the molecule is COC(=O)[C@H](c1ccccc1)[C@H]1CCCCN1C(=O)OC[n+]1cccc(C(=O)N[C@@H](COC(C)(C)C)C(=O)O)c1. The van der Waals surface area contributed by atoms with E-state index in [2.05, 4.69) is 5.32 Å². The van der Waals surface area contributed by atoms with E-state index in [0.717, 1.165) is 18.4 Å². The molecular formula is C29H38N3O8+. The minimum atomic E-state index is -1.23. The van der Waals surface area contributed by atoms with E-state index in [1.807, 2.05) is 30.3 Å². The minimum Gasteiger partial charge on any atom is -0.480 e. The molecule has 3 atom stereocenters. The first-order valence-electron chi connectivity index (χ1n) is 13.2. The minimum absolute atomic E-state index is 0.186. The highest BCUT2D eigenvalue weighted by atomic mass is 16.6. The number of carboxylic acids is 1. The van der Waals surface area contributed by atoms with Gasteiger partial charge in [0.15, 0.2) is 18.4 Å². The van der Waals surface area contributed by atoms with Gasteiger partial charge in [-0.15, -0.1) is 0 Å². The molecule has 2 N–H and O–H groups in total. The Hall–Kier alpha value is -3.99. The molecule has 0 unspecified atom stereocenters. The van der Waals surface area contributed by atoms with Gasteiger partial charge in [-0.3, -0.25) is 9.59 Å². The Labute approximate surface area is 234 Å². The lowest BCUT2D eigenvalue weighted by molar-refractivity contribution is -0.727. The molecule has 1 aliphatic heterocycles. The highest BCUT2D eigenvalue weighted by molar-refractivity contribution is 5.96. The van der Waals surface area contributed by atoms with E-state index in [1.54, 1.807) is 37.9 Å². The summed E-state index contributed by atoms with van der Waals surface area (Å²) in [7, 11) is 1.33. The number of ether oxygens (including phenoxy) is 3. The fourth-order valence-electron chi connectivity index (χ4n) is 4.53. The van der Waals surface area contributed by atoms with Gasteiger partial charge in [0.2, 0.25) is 0 Å². The number of esters is 1. The van der Waals surface area contributed by atoms with Crippen molar-refractivity contribution in [2.75, 3.05) is 20.3 Å². The third kappa shape index (κ3) is 8.51. The van der Waals surface area contributed by atoms with Crippen LogP contribution in [0, 0.1) is 0 Å². The molecule has 40 heavy (non-hydrogen) atoms. The van der Waals surface area contributed by atoms with Crippen LogP contribution in [0.1, 0.15) is 61.9 Å². The number of carboxylic acid groups (broad SMARTS) is 1. The van der Waals surface area contributed by atoms with Gasteiger partial charge in [-0.2, -0.15) is 4.57 Å². The highest BCUT2D eigenvalue weighted by Crippen LogP contribution is 2.32. The third-order valence-corrected chi connectivity index (χ3v) is 6.53. The second-order valence-corrected chi connectivity index (χ2v) is 10.6. The third-order valence-electron chi connectivity index (χ3n) is 6.53. The van der Waals surface area contributed by atoms with Crippen LogP contribution in [-0.4, -0.2) is 71.9 Å². The van der Waals surface area contributed by atoms with Crippen LogP contribution in [0.15, 0.2) is 54.9 Å². The zero-order valence-corrected chi connectivity index (χ0v) is 23.4. The lowest BCUT2D eigenvalue weighted by atomic mass is 9.85. The Bertz CT molecular complexity index is 1180. The lowest BCUT2D eigenvalue weighted by Crippen LogP contribution is -2.50. The number of amides is 2. The van der Waals surface area contributed by atoms with Crippen molar-refractivity contribution in [3.8, 4) is 0 Å². The van der Waals surface area contributed by atoms with Gasteiger partial charge in [-0.1, -0.05) is 30.3 Å². The first kappa shape index (κ1) is 30.6. The molecule has 1 aromatic carbocycles. The number of carbonyl (C=O) groups excluding carboxylic acids is 3. The number of hydrogen-bond donors (Lipinski definition) is 2. The Morgan fingerprint density at radius 1 is 1.10 bits per heavy atom. The predicted molar refractivity (Wildman–Crippen MR) is 143 cm³/mol. The zero-order chi connectivity index (χ0) is 29.3. The summed E-state index contributed by atoms with van der Waals surface area (Å²) < 4.78 is 17.7. The summed E-state index contributed by atoms with van der Waals surface area (Å²) >= 11 is 0. The van der Waals surface area contributed by atoms with E-state index in [9.17, 15) is 24.3 Å². The summed E-state index contributed by atoms with van der Waals surface area (Å²) in [4.78, 5) is 51.9. The highest BCUT2D eigenvalue weighted by Gasteiger charge is 2.39. The predicted octanol–water partition coefficient (Wildman–Crippen LogP) is 2.88. The van der Waals surface area contributed by atoms with Crippen LogP contribution in [0.4, 0.5) is 4.79 Å². The van der Waals surface area contributed by atoms with Crippen molar-refractivity contribution >= 4 is 23.9 Å². The van der Waals surface area contributed by atoms with E-state index in [4.69, 9.17) is 14.2 Å². The molecule has 0 saturated carbocycles. The Morgan fingerprint density at radius 2 is 1.82 bits per heavy atom. The number of pyridine rings is 1. The fourth-order valence-corrected chi connectivity index (χ4v) is 4.53. The molecule has 1 fully saturated rings. The van der Waals surface area contributed by atoms with Gasteiger partial charge in [0.25, 0.3) is 12.6 Å². The van der Waals surface area contributed by atoms with E-state index < -0.39 is 47.5 Å². The number of aromatic nitrogens is 1. The van der Waals surface area contributed by atoms with Crippen molar-refractivity contribution < 1.29 is 43.1 Å². The maximum Gasteiger partial charge on any atom is 0.414 e. The quantitative estimate of drug-likeness (QED) is 0.337. The molecule has 11 heteroatoms. The number of benzene rings is 1. The van der Waals surface area contributed by atoms with Crippen molar-refractivity contribution in [2.24, 2.45) is 0 Å². The Balaban J connectivity index is 1.68. The number of aliphatic carboxylic acids is 1. The topological polar surface area (TPSA) is 135 Å². The summed E-state index contributed by atoms with van der Waals surface area (Å²) in [6.45, 7) is 5.42. The van der Waals surface area contributed by atoms with Gasteiger partial charge in [-0.25, -0.2) is 9.59 Å². The molecule has 0 aliphatic carbocycles. The van der Waals surface area contributed by atoms with Crippen molar-refractivity contribution in [1.82, 2.24) is 10.2 Å². The van der Waals surface area contributed by atoms with Crippen LogP contribution in [0.25, 0.3) is 0 Å². The van der Waals surface area contributed by atoms with Crippen LogP contribution in [0.5, 0.6) is 0 Å². The molecule has 0 radical (unpaired) electrons. The molecule has 11 nitrogen and oxygen atoms in total. The number of rotatable bonds is 10. The van der Waals surface area contributed by atoms with Crippen LogP contribution in [-0.2, 0) is 30.5 Å². The van der Waals surface area contributed by atoms with Gasteiger partial charge >= 0.3 is 18.0 Å². The molecule has 0 bridgehead atoms. The summed E-state index contributed by atoms with van der Waals surface area (Å²) in [5, 5.41) is 11.9.